The molecule has 0 spiro atoms. The molecule has 3 nitrogen and oxygen atoms in total. The van der Waals surface area contributed by atoms with Gasteiger partial charge in [0.2, 0.25) is 0 Å². The van der Waals surface area contributed by atoms with Crippen molar-refractivity contribution in [2.45, 2.75) is 19.4 Å². The van der Waals surface area contributed by atoms with E-state index in [2.05, 4.69) is 10.4 Å². The van der Waals surface area contributed by atoms with Gasteiger partial charge < -0.3 is 5.32 Å². The molecule has 0 saturated carbocycles. The highest BCUT2D eigenvalue weighted by atomic mass is 19.1. The zero-order chi connectivity index (χ0) is 12.7. The van der Waals surface area contributed by atoms with E-state index in [4.69, 9.17) is 0 Å². The van der Waals surface area contributed by atoms with E-state index in [9.17, 15) is 8.78 Å². The Kier molecular flexibility index (Phi) is 2.54. The average molecular weight is 249 g/mol. The lowest BCUT2D eigenvalue weighted by Crippen LogP contribution is -2.26. The Labute approximate surface area is 103 Å². The maximum Gasteiger partial charge on any atom is 0.131 e. The molecule has 0 amide bonds. The summed E-state index contributed by atoms with van der Waals surface area (Å²) in [4.78, 5) is 0. The summed E-state index contributed by atoms with van der Waals surface area (Å²) in [5, 5.41) is 7.42. The molecule has 94 valence electrons. The monoisotopic (exact) mass is 249 g/mol. The van der Waals surface area contributed by atoms with Crippen LogP contribution in [0.3, 0.4) is 0 Å². The van der Waals surface area contributed by atoms with Crippen LogP contribution < -0.4 is 5.32 Å². The van der Waals surface area contributed by atoms with Gasteiger partial charge in [0.15, 0.2) is 0 Å². The van der Waals surface area contributed by atoms with Gasteiger partial charge in [-0.15, -0.1) is 0 Å². The number of aromatic nitrogens is 2. The van der Waals surface area contributed by atoms with E-state index < -0.39 is 11.6 Å². The molecular weight excluding hydrogens is 236 g/mol. The van der Waals surface area contributed by atoms with E-state index in [-0.39, 0.29) is 11.6 Å². The molecule has 2 aromatic rings. The van der Waals surface area contributed by atoms with Crippen LogP contribution in [-0.2, 0) is 0 Å². The van der Waals surface area contributed by atoms with Crippen LogP contribution in [0.15, 0.2) is 24.4 Å². The second kappa shape index (κ2) is 4.08. The van der Waals surface area contributed by atoms with E-state index in [1.54, 1.807) is 10.9 Å². The molecule has 0 aliphatic carbocycles. The summed E-state index contributed by atoms with van der Waals surface area (Å²) >= 11 is 0. The highest BCUT2D eigenvalue weighted by Crippen LogP contribution is 2.33. The van der Waals surface area contributed by atoms with Gasteiger partial charge in [-0.1, -0.05) is 6.07 Å². The van der Waals surface area contributed by atoms with Crippen LogP contribution in [-0.4, -0.2) is 16.3 Å². The zero-order valence-electron chi connectivity index (χ0n) is 9.95. The van der Waals surface area contributed by atoms with Crippen molar-refractivity contribution in [2.24, 2.45) is 0 Å². The number of benzene rings is 1. The Balaban J connectivity index is 2.14. The largest absolute Gasteiger partial charge is 0.370 e. The number of aryl methyl sites for hydroxylation is 1. The van der Waals surface area contributed by atoms with Crippen LogP contribution in [0.5, 0.6) is 0 Å². The minimum atomic E-state index is -0.513. The summed E-state index contributed by atoms with van der Waals surface area (Å²) in [6.45, 7) is 2.61. The van der Waals surface area contributed by atoms with E-state index in [0.29, 0.717) is 13.0 Å². The minimum absolute atomic E-state index is 0.100. The Bertz CT molecular complexity index is 572. The van der Waals surface area contributed by atoms with Crippen LogP contribution >= 0.6 is 0 Å². The molecule has 0 bridgehead atoms. The Morgan fingerprint density at radius 1 is 1.33 bits per heavy atom. The second-order valence-electron chi connectivity index (χ2n) is 4.49. The first kappa shape index (κ1) is 11.2. The molecule has 1 aromatic heterocycles. The first-order valence-corrected chi connectivity index (χ1v) is 5.90. The molecule has 1 aliphatic rings. The first-order valence-electron chi connectivity index (χ1n) is 5.90. The summed E-state index contributed by atoms with van der Waals surface area (Å²) in [6, 6.07) is 3.58. The third-order valence-electron chi connectivity index (χ3n) is 3.32. The third-order valence-corrected chi connectivity index (χ3v) is 3.32. The molecule has 1 unspecified atom stereocenters. The SMILES string of the molecule is Cc1cnn2c1NCCC2c1c(F)cccc1F. The number of halogens is 2. The summed E-state index contributed by atoms with van der Waals surface area (Å²) in [5.41, 5.74) is 1.08. The van der Waals surface area contributed by atoms with E-state index in [0.717, 1.165) is 11.4 Å². The Hall–Kier alpha value is -1.91. The van der Waals surface area contributed by atoms with E-state index in [1.165, 1.54) is 18.2 Å². The van der Waals surface area contributed by atoms with Crippen molar-refractivity contribution < 1.29 is 8.78 Å². The van der Waals surface area contributed by atoms with Crippen molar-refractivity contribution in [1.82, 2.24) is 9.78 Å². The summed E-state index contributed by atoms with van der Waals surface area (Å²) in [5.74, 6) is -0.184. The highest BCUT2D eigenvalue weighted by molar-refractivity contribution is 5.46. The van der Waals surface area contributed by atoms with Gasteiger partial charge in [0.05, 0.1) is 12.2 Å². The molecule has 0 fully saturated rings. The second-order valence-corrected chi connectivity index (χ2v) is 4.49. The highest BCUT2D eigenvalue weighted by Gasteiger charge is 2.27. The van der Waals surface area contributed by atoms with Crippen molar-refractivity contribution in [1.29, 1.82) is 0 Å². The zero-order valence-corrected chi connectivity index (χ0v) is 9.95. The van der Waals surface area contributed by atoms with Crippen molar-refractivity contribution in [3.63, 3.8) is 0 Å². The number of hydrogen-bond donors (Lipinski definition) is 1. The van der Waals surface area contributed by atoms with Crippen molar-refractivity contribution >= 4 is 5.82 Å². The lowest BCUT2D eigenvalue weighted by molar-refractivity contribution is 0.433. The van der Waals surface area contributed by atoms with E-state index in [1.807, 2.05) is 6.92 Å². The number of fused-ring (bicyclic) bond motifs is 1. The maximum absolute atomic E-state index is 13.8. The van der Waals surface area contributed by atoms with Crippen LogP contribution in [0.25, 0.3) is 0 Å². The molecule has 2 heterocycles. The molecule has 1 aliphatic heterocycles. The van der Waals surface area contributed by atoms with Gasteiger partial charge in [-0.3, -0.25) is 0 Å². The third kappa shape index (κ3) is 1.58. The van der Waals surface area contributed by atoms with Crippen molar-refractivity contribution in [3.05, 3.63) is 47.2 Å². The average Bonchev–Trinajstić information content (AvgIpc) is 2.72. The smallest absolute Gasteiger partial charge is 0.131 e. The predicted octanol–water partition coefficient (Wildman–Crippen LogP) is 2.87. The minimum Gasteiger partial charge on any atom is -0.370 e. The van der Waals surface area contributed by atoms with Gasteiger partial charge in [0, 0.05) is 17.7 Å². The fourth-order valence-corrected chi connectivity index (χ4v) is 2.45. The van der Waals surface area contributed by atoms with Gasteiger partial charge in [0.25, 0.3) is 0 Å². The molecule has 1 N–H and O–H groups in total. The van der Waals surface area contributed by atoms with Crippen molar-refractivity contribution in [3.8, 4) is 0 Å². The molecule has 0 saturated heterocycles. The Morgan fingerprint density at radius 3 is 2.78 bits per heavy atom. The molecular formula is C13H13F2N3. The van der Waals surface area contributed by atoms with Crippen molar-refractivity contribution in [2.75, 3.05) is 11.9 Å². The lowest BCUT2D eigenvalue weighted by atomic mass is 10.0. The molecule has 0 radical (unpaired) electrons. The number of nitrogens with one attached hydrogen (secondary N) is 1. The lowest BCUT2D eigenvalue weighted by Gasteiger charge is -2.27. The maximum atomic E-state index is 13.8. The van der Waals surface area contributed by atoms with Crippen LogP contribution in [0.2, 0.25) is 0 Å². The molecule has 1 aromatic carbocycles. The first-order chi connectivity index (χ1) is 8.68. The predicted molar refractivity (Wildman–Crippen MR) is 64.6 cm³/mol. The molecule has 3 rings (SSSR count). The summed E-state index contributed by atoms with van der Waals surface area (Å²) < 4.78 is 29.3. The fourth-order valence-electron chi connectivity index (χ4n) is 2.45. The molecule has 1 atom stereocenters. The van der Waals surface area contributed by atoms with Gasteiger partial charge in [-0.05, 0) is 25.5 Å². The van der Waals surface area contributed by atoms with E-state index >= 15 is 0 Å². The Morgan fingerprint density at radius 2 is 2.06 bits per heavy atom. The quantitative estimate of drug-likeness (QED) is 0.842. The van der Waals surface area contributed by atoms with Crippen LogP contribution in [0.4, 0.5) is 14.6 Å². The normalized spacial score (nSPS) is 18.3. The number of anilines is 1. The number of rotatable bonds is 1. The van der Waals surface area contributed by atoms with Gasteiger partial charge in [-0.25, -0.2) is 13.5 Å². The number of hydrogen-bond acceptors (Lipinski definition) is 2. The molecule has 5 heteroatoms. The van der Waals surface area contributed by atoms with Crippen LogP contribution in [0, 0.1) is 18.6 Å². The topological polar surface area (TPSA) is 29.9 Å². The van der Waals surface area contributed by atoms with Gasteiger partial charge in [0.1, 0.15) is 17.5 Å². The van der Waals surface area contributed by atoms with Crippen LogP contribution in [0.1, 0.15) is 23.6 Å². The molecule has 18 heavy (non-hydrogen) atoms. The van der Waals surface area contributed by atoms with Gasteiger partial charge in [-0.2, -0.15) is 5.10 Å². The van der Waals surface area contributed by atoms with Gasteiger partial charge >= 0.3 is 0 Å². The number of nitrogens with zero attached hydrogens (tertiary/aromatic N) is 2. The fraction of sp³-hybridized carbons (Fsp3) is 0.308. The summed E-state index contributed by atoms with van der Waals surface area (Å²) in [7, 11) is 0. The summed E-state index contributed by atoms with van der Waals surface area (Å²) in [6.07, 6.45) is 2.32. The standard InChI is InChI=1S/C13H13F2N3/c1-8-7-17-18-11(5-6-16-13(8)18)12-9(14)3-2-4-10(12)15/h2-4,7,11,16H,5-6H2,1H3.